The van der Waals surface area contributed by atoms with Crippen LogP contribution in [-0.4, -0.2) is 22.6 Å². The van der Waals surface area contributed by atoms with E-state index in [4.69, 9.17) is 4.74 Å². The van der Waals surface area contributed by atoms with Gasteiger partial charge in [0.2, 0.25) is 5.95 Å². The van der Waals surface area contributed by atoms with Gasteiger partial charge in [-0.15, -0.1) is 0 Å². The number of rotatable bonds is 3. The van der Waals surface area contributed by atoms with Gasteiger partial charge in [-0.1, -0.05) is 0 Å². The highest BCUT2D eigenvalue weighted by molar-refractivity contribution is 6.04. The van der Waals surface area contributed by atoms with Gasteiger partial charge in [0.05, 0.1) is 18.1 Å². The third-order valence-corrected chi connectivity index (χ3v) is 3.42. The van der Waals surface area contributed by atoms with E-state index in [-0.39, 0.29) is 11.7 Å². The molecule has 112 valence electrons. The Balaban J connectivity index is 1.92. The Morgan fingerprint density at radius 2 is 1.95 bits per heavy atom. The SMILES string of the molecule is COc1ccc2nc(NC(=O)c3ccc(F)cc3)n(C)c2c1. The number of hydrogen-bond donors (Lipinski definition) is 1. The summed E-state index contributed by atoms with van der Waals surface area (Å²) in [5.74, 6) is 0.404. The second kappa shape index (κ2) is 5.48. The summed E-state index contributed by atoms with van der Waals surface area (Å²) >= 11 is 0. The molecule has 2 aromatic carbocycles. The van der Waals surface area contributed by atoms with Gasteiger partial charge in [-0.2, -0.15) is 0 Å². The Hall–Kier alpha value is -2.89. The molecule has 0 aliphatic heterocycles. The highest BCUT2D eigenvalue weighted by Gasteiger charge is 2.13. The Morgan fingerprint density at radius 1 is 1.23 bits per heavy atom. The smallest absolute Gasteiger partial charge is 0.257 e. The fraction of sp³-hybridized carbons (Fsp3) is 0.125. The lowest BCUT2D eigenvalue weighted by Gasteiger charge is -2.05. The maximum atomic E-state index is 12.9. The Kier molecular flexibility index (Phi) is 3.50. The summed E-state index contributed by atoms with van der Waals surface area (Å²) in [6.07, 6.45) is 0. The van der Waals surface area contributed by atoms with Crippen LogP contribution in [0, 0.1) is 5.82 Å². The lowest BCUT2D eigenvalue weighted by Crippen LogP contribution is -2.14. The van der Waals surface area contributed by atoms with Gasteiger partial charge in [0.15, 0.2) is 0 Å². The van der Waals surface area contributed by atoms with Gasteiger partial charge in [-0.25, -0.2) is 9.37 Å². The van der Waals surface area contributed by atoms with Crippen LogP contribution in [0.15, 0.2) is 42.5 Å². The van der Waals surface area contributed by atoms with Crippen molar-refractivity contribution in [2.24, 2.45) is 7.05 Å². The van der Waals surface area contributed by atoms with Crippen molar-refractivity contribution >= 4 is 22.9 Å². The number of nitrogens with one attached hydrogen (secondary N) is 1. The van der Waals surface area contributed by atoms with Crippen molar-refractivity contribution in [2.75, 3.05) is 12.4 Å². The molecule has 5 nitrogen and oxygen atoms in total. The molecule has 1 N–H and O–H groups in total. The molecular weight excluding hydrogens is 285 g/mol. The van der Waals surface area contributed by atoms with E-state index in [0.29, 0.717) is 17.3 Å². The molecule has 0 bridgehead atoms. The summed E-state index contributed by atoms with van der Waals surface area (Å²) in [5, 5.41) is 2.72. The van der Waals surface area contributed by atoms with Crippen LogP contribution in [-0.2, 0) is 7.05 Å². The largest absolute Gasteiger partial charge is 0.497 e. The number of halogens is 1. The number of amides is 1. The first-order valence-corrected chi connectivity index (χ1v) is 6.66. The number of hydrogen-bond acceptors (Lipinski definition) is 3. The quantitative estimate of drug-likeness (QED) is 0.809. The monoisotopic (exact) mass is 299 g/mol. The van der Waals surface area contributed by atoms with Crippen molar-refractivity contribution in [1.82, 2.24) is 9.55 Å². The van der Waals surface area contributed by atoms with E-state index in [9.17, 15) is 9.18 Å². The second-order valence-corrected chi connectivity index (χ2v) is 4.81. The molecule has 3 aromatic rings. The number of anilines is 1. The standard InChI is InChI=1S/C16H14FN3O2/c1-20-14-9-12(22-2)7-8-13(14)18-16(20)19-15(21)10-3-5-11(17)6-4-10/h3-9H,1-2H3,(H,18,19,21). The molecule has 1 heterocycles. The van der Waals surface area contributed by atoms with Crippen LogP contribution in [0.25, 0.3) is 11.0 Å². The number of fused-ring (bicyclic) bond motifs is 1. The number of imidazole rings is 1. The number of nitrogens with zero attached hydrogens (tertiary/aromatic N) is 2. The number of carbonyl (C=O) groups excluding carboxylic acids is 1. The van der Waals surface area contributed by atoms with Crippen molar-refractivity contribution in [2.45, 2.75) is 0 Å². The third kappa shape index (κ3) is 2.50. The summed E-state index contributed by atoms with van der Waals surface area (Å²) < 4.78 is 19.8. The van der Waals surface area contributed by atoms with Gasteiger partial charge in [-0.05, 0) is 36.4 Å². The predicted octanol–water partition coefficient (Wildman–Crippen LogP) is 2.97. The molecule has 0 aliphatic rings. The number of aromatic nitrogens is 2. The van der Waals surface area contributed by atoms with Gasteiger partial charge in [-0.3, -0.25) is 10.1 Å². The van der Waals surface area contributed by atoms with Crippen LogP contribution < -0.4 is 10.1 Å². The topological polar surface area (TPSA) is 56.1 Å². The second-order valence-electron chi connectivity index (χ2n) is 4.81. The predicted molar refractivity (Wildman–Crippen MR) is 81.6 cm³/mol. The number of aryl methyl sites for hydroxylation is 1. The fourth-order valence-electron chi connectivity index (χ4n) is 2.18. The maximum absolute atomic E-state index is 12.9. The minimum atomic E-state index is -0.383. The van der Waals surface area contributed by atoms with E-state index < -0.39 is 0 Å². The lowest BCUT2D eigenvalue weighted by atomic mass is 10.2. The van der Waals surface area contributed by atoms with E-state index in [1.165, 1.54) is 24.3 Å². The molecule has 0 saturated carbocycles. The van der Waals surface area contributed by atoms with Crippen LogP contribution in [0.3, 0.4) is 0 Å². The van der Waals surface area contributed by atoms with Crippen LogP contribution in [0.2, 0.25) is 0 Å². The van der Waals surface area contributed by atoms with Crippen molar-refractivity contribution in [1.29, 1.82) is 0 Å². The fourth-order valence-corrected chi connectivity index (χ4v) is 2.18. The molecule has 1 aromatic heterocycles. The zero-order valence-corrected chi connectivity index (χ0v) is 12.1. The minimum absolute atomic E-state index is 0.342. The van der Waals surface area contributed by atoms with E-state index in [0.717, 1.165) is 11.0 Å². The van der Waals surface area contributed by atoms with Gasteiger partial charge in [0.25, 0.3) is 5.91 Å². The molecule has 0 atom stereocenters. The van der Waals surface area contributed by atoms with Crippen LogP contribution in [0.5, 0.6) is 5.75 Å². The maximum Gasteiger partial charge on any atom is 0.257 e. The number of benzene rings is 2. The summed E-state index contributed by atoms with van der Waals surface area (Å²) in [6, 6.07) is 10.8. The number of carbonyl (C=O) groups is 1. The normalized spacial score (nSPS) is 10.7. The Labute approximate surface area is 126 Å². The molecule has 0 spiro atoms. The van der Waals surface area contributed by atoms with E-state index in [2.05, 4.69) is 10.3 Å². The van der Waals surface area contributed by atoms with Gasteiger partial charge < -0.3 is 9.30 Å². The summed E-state index contributed by atoms with van der Waals surface area (Å²) in [6.45, 7) is 0. The zero-order chi connectivity index (χ0) is 15.7. The molecule has 6 heteroatoms. The van der Waals surface area contributed by atoms with E-state index in [1.54, 1.807) is 24.8 Å². The average Bonchev–Trinajstić information content (AvgIpc) is 2.83. The average molecular weight is 299 g/mol. The first-order valence-electron chi connectivity index (χ1n) is 6.66. The number of methoxy groups -OCH3 is 1. The molecule has 0 aliphatic carbocycles. The zero-order valence-electron chi connectivity index (χ0n) is 12.1. The van der Waals surface area contributed by atoms with Crippen molar-refractivity contribution in [3.8, 4) is 5.75 Å². The van der Waals surface area contributed by atoms with Crippen molar-refractivity contribution in [3.05, 3.63) is 53.8 Å². The van der Waals surface area contributed by atoms with Gasteiger partial charge in [0, 0.05) is 18.7 Å². The molecule has 3 rings (SSSR count). The first kappa shape index (κ1) is 14.1. The molecule has 0 fully saturated rings. The summed E-state index contributed by atoms with van der Waals surface area (Å²) in [4.78, 5) is 16.5. The first-order chi connectivity index (χ1) is 10.6. The van der Waals surface area contributed by atoms with Crippen LogP contribution in [0.1, 0.15) is 10.4 Å². The summed E-state index contributed by atoms with van der Waals surface area (Å²) in [7, 11) is 3.39. The highest BCUT2D eigenvalue weighted by atomic mass is 19.1. The van der Waals surface area contributed by atoms with Crippen molar-refractivity contribution in [3.63, 3.8) is 0 Å². The lowest BCUT2D eigenvalue weighted by molar-refractivity contribution is 0.102. The summed E-state index contributed by atoms with van der Waals surface area (Å²) in [5.41, 5.74) is 1.96. The van der Waals surface area contributed by atoms with Gasteiger partial charge in [0.1, 0.15) is 11.6 Å². The Morgan fingerprint density at radius 3 is 2.64 bits per heavy atom. The molecule has 22 heavy (non-hydrogen) atoms. The van der Waals surface area contributed by atoms with E-state index in [1.807, 2.05) is 12.1 Å². The molecule has 0 unspecified atom stereocenters. The van der Waals surface area contributed by atoms with Gasteiger partial charge >= 0.3 is 0 Å². The molecule has 1 amide bonds. The van der Waals surface area contributed by atoms with Crippen LogP contribution in [0.4, 0.5) is 10.3 Å². The third-order valence-electron chi connectivity index (χ3n) is 3.42. The molecular formula is C16H14FN3O2. The number of ether oxygens (including phenoxy) is 1. The minimum Gasteiger partial charge on any atom is -0.497 e. The Bertz CT molecular complexity index is 840. The van der Waals surface area contributed by atoms with Crippen LogP contribution >= 0.6 is 0 Å². The molecule has 0 radical (unpaired) electrons. The van der Waals surface area contributed by atoms with Crippen molar-refractivity contribution < 1.29 is 13.9 Å². The van der Waals surface area contributed by atoms with E-state index >= 15 is 0 Å². The molecule has 0 saturated heterocycles. The highest BCUT2D eigenvalue weighted by Crippen LogP contribution is 2.23.